The van der Waals surface area contributed by atoms with Gasteiger partial charge in [0.15, 0.2) is 0 Å². The molecule has 3 N–H and O–H groups in total. The second-order valence-electron chi connectivity index (χ2n) is 3.96. The Kier molecular flexibility index (Phi) is 4.31. The molecule has 0 spiro atoms. The van der Waals surface area contributed by atoms with Crippen LogP contribution in [0.2, 0.25) is 0 Å². The van der Waals surface area contributed by atoms with Crippen molar-refractivity contribution in [1.82, 2.24) is 4.98 Å². The van der Waals surface area contributed by atoms with Gasteiger partial charge >= 0.3 is 0 Å². The van der Waals surface area contributed by atoms with Crippen molar-refractivity contribution in [2.45, 2.75) is 6.92 Å². The molecule has 0 aliphatic rings. The van der Waals surface area contributed by atoms with Gasteiger partial charge in [0.05, 0.1) is 11.3 Å². The molecule has 1 heterocycles. The number of anilines is 2. The maximum atomic E-state index is 13.1. The number of thiocarbonyl (C=S) groups is 1. The Morgan fingerprint density at radius 2 is 2.16 bits per heavy atom. The molecule has 2 rings (SSSR count). The van der Waals surface area contributed by atoms with E-state index in [1.807, 2.05) is 13.0 Å². The molecule has 0 bridgehead atoms. The van der Waals surface area contributed by atoms with E-state index in [9.17, 15) is 4.39 Å². The largest absolute Gasteiger partial charge is 0.389 e. The highest BCUT2D eigenvalue weighted by molar-refractivity contribution is 14.1. The molecule has 19 heavy (non-hydrogen) atoms. The molecule has 6 heteroatoms. The van der Waals surface area contributed by atoms with E-state index in [0.717, 1.165) is 14.8 Å². The predicted molar refractivity (Wildman–Crippen MR) is 87.3 cm³/mol. The molecule has 0 unspecified atom stereocenters. The molecule has 0 saturated heterocycles. The van der Waals surface area contributed by atoms with E-state index in [0.29, 0.717) is 11.4 Å². The minimum absolute atomic E-state index is 0.276. The van der Waals surface area contributed by atoms with E-state index < -0.39 is 0 Å². The average molecular weight is 387 g/mol. The fourth-order valence-corrected chi connectivity index (χ4v) is 2.55. The molecule has 0 aliphatic carbocycles. The number of hydrogen-bond acceptors (Lipinski definition) is 3. The third-order valence-corrected chi connectivity index (χ3v) is 3.69. The Hall–Kier alpha value is -1.28. The van der Waals surface area contributed by atoms with E-state index in [-0.39, 0.29) is 10.8 Å². The Morgan fingerprint density at radius 3 is 2.79 bits per heavy atom. The van der Waals surface area contributed by atoms with Crippen LogP contribution in [0.25, 0.3) is 0 Å². The summed E-state index contributed by atoms with van der Waals surface area (Å²) in [4.78, 5) is 4.53. The third kappa shape index (κ3) is 3.19. The van der Waals surface area contributed by atoms with Gasteiger partial charge in [0.2, 0.25) is 0 Å². The fraction of sp³-hybridized carbons (Fsp3) is 0.0769. The summed E-state index contributed by atoms with van der Waals surface area (Å²) in [6.07, 6.45) is 1.68. The minimum Gasteiger partial charge on any atom is -0.389 e. The van der Waals surface area contributed by atoms with Crippen molar-refractivity contribution in [2.24, 2.45) is 5.73 Å². The van der Waals surface area contributed by atoms with Crippen LogP contribution in [0.4, 0.5) is 15.9 Å². The first-order valence-electron chi connectivity index (χ1n) is 5.46. The molecule has 1 aromatic heterocycles. The van der Waals surface area contributed by atoms with Gasteiger partial charge in [0.1, 0.15) is 16.6 Å². The van der Waals surface area contributed by atoms with Gasteiger partial charge < -0.3 is 11.1 Å². The van der Waals surface area contributed by atoms with Crippen molar-refractivity contribution in [3.8, 4) is 0 Å². The average Bonchev–Trinajstić information content (AvgIpc) is 2.32. The fourth-order valence-electron chi connectivity index (χ4n) is 1.68. The van der Waals surface area contributed by atoms with Gasteiger partial charge in [-0.05, 0) is 59.3 Å². The van der Waals surface area contributed by atoms with E-state index in [2.05, 4.69) is 32.9 Å². The van der Waals surface area contributed by atoms with Gasteiger partial charge in [-0.2, -0.15) is 0 Å². The van der Waals surface area contributed by atoms with Crippen LogP contribution in [0.1, 0.15) is 11.1 Å². The standard InChI is InChI=1S/C13H11FIN3S/c1-7-4-5-17-13(11(7)12(16)19)18-10-3-2-8(14)6-9(10)15/h2-6H,1H3,(H2,16,19)(H,17,18). The van der Waals surface area contributed by atoms with Crippen molar-refractivity contribution >= 4 is 51.3 Å². The van der Waals surface area contributed by atoms with Crippen LogP contribution in [-0.4, -0.2) is 9.97 Å². The molecular formula is C13H11FIN3S. The predicted octanol–water partition coefficient (Wildman–Crippen LogP) is 3.51. The highest BCUT2D eigenvalue weighted by Gasteiger charge is 2.11. The van der Waals surface area contributed by atoms with E-state index >= 15 is 0 Å². The maximum Gasteiger partial charge on any atom is 0.140 e. The molecule has 0 amide bonds. The molecule has 0 radical (unpaired) electrons. The number of pyridine rings is 1. The molecule has 0 aliphatic heterocycles. The first-order chi connectivity index (χ1) is 8.99. The number of aromatic nitrogens is 1. The van der Waals surface area contributed by atoms with E-state index in [1.165, 1.54) is 12.1 Å². The quantitative estimate of drug-likeness (QED) is 0.625. The summed E-state index contributed by atoms with van der Waals surface area (Å²) in [6, 6.07) is 6.33. The first kappa shape index (κ1) is 14.1. The second-order valence-corrected chi connectivity index (χ2v) is 5.57. The lowest BCUT2D eigenvalue weighted by Crippen LogP contribution is -2.15. The summed E-state index contributed by atoms with van der Waals surface area (Å²) >= 11 is 7.10. The molecule has 98 valence electrons. The van der Waals surface area contributed by atoms with Crippen LogP contribution >= 0.6 is 34.8 Å². The van der Waals surface area contributed by atoms with Gasteiger partial charge in [0.25, 0.3) is 0 Å². The van der Waals surface area contributed by atoms with Crippen molar-refractivity contribution in [3.63, 3.8) is 0 Å². The number of nitrogens with zero attached hydrogens (tertiary/aromatic N) is 1. The topological polar surface area (TPSA) is 50.9 Å². The molecule has 2 aromatic rings. The summed E-state index contributed by atoms with van der Waals surface area (Å²) in [5.41, 5.74) is 8.13. The Bertz CT molecular complexity index is 646. The Labute approximate surface area is 129 Å². The molecule has 0 atom stereocenters. The first-order valence-corrected chi connectivity index (χ1v) is 6.95. The van der Waals surface area contributed by atoms with Crippen LogP contribution in [0, 0.1) is 16.3 Å². The van der Waals surface area contributed by atoms with Crippen molar-refractivity contribution < 1.29 is 4.39 Å². The van der Waals surface area contributed by atoms with Gasteiger partial charge in [-0.25, -0.2) is 9.37 Å². The third-order valence-electron chi connectivity index (χ3n) is 2.59. The molecule has 0 saturated carbocycles. The highest BCUT2D eigenvalue weighted by atomic mass is 127. The zero-order valence-corrected chi connectivity index (χ0v) is 13.0. The van der Waals surface area contributed by atoms with Crippen LogP contribution in [0.3, 0.4) is 0 Å². The van der Waals surface area contributed by atoms with Crippen LogP contribution in [0.15, 0.2) is 30.5 Å². The monoisotopic (exact) mass is 387 g/mol. The number of nitrogens with one attached hydrogen (secondary N) is 1. The van der Waals surface area contributed by atoms with Gasteiger partial charge in [-0.15, -0.1) is 0 Å². The lowest BCUT2D eigenvalue weighted by atomic mass is 10.1. The smallest absolute Gasteiger partial charge is 0.140 e. The summed E-state index contributed by atoms with van der Waals surface area (Å²) in [7, 11) is 0. The normalized spacial score (nSPS) is 10.3. The van der Waals surface area contributed by atoms with Crippen molar-refractivity contribution in [1.29, 1.82) is 0 Å². The van der Waals surface area contributed by atoms with Crippen LogP contribution < -0.4 is 11.1 Å². The van der Waals surface area contributed by atoms with Gasteiger partial charge in [-0.1, -0.05) is 12.2 Å². The SMILES string of the molecule is Cc1ccnc(Nc2ccc(F)cc2I)c1C(N)=S. The molecular weight excluding hydrogens is 376 g/mol. The summed E-state index contributed by atoms with van der Waals surface area (Å²) in [6.45, 7) is 1.91. The lowest BCUT2D eigenvalue weighted by Gasteiger charge is -2.13. The number of hydrogen-bond donors (Lipinski definition) is 2. The van der Waals surface area contributed by atoms with E-state index in [4.69, 9.17) is 18.0 Å². The zero-order valence-electron chi connectivity index (χ0n) is 10.1. The Balaban J connectivity index is 2.44. The van der Waals surface area contributed by atoms with Gasteiger partial charge in [-0.3, -0.25) is 0 Å². The maximum absolute atomic E-state index is 13.1. The molecule has 1 aromatic carbocycles. The summed E-state index contributed by atoms with van der Waals surface area (Å²) in [5, 5.41) is 3.14. The van der Waals surface area contributed by atoms with Crippen LogP contribution in [0.5, 0.6) is 0 Å². The number of nitrogens with two attached hydrogens (primary N) is 1. The van der Waals surface area contributed by atoms with Crippen molar-refractivity contribution in [2.75, 3.05) is 5.32 Å². The highest BCUT2D eigenvalue weighted by Crippen LogP contribution is 2.25. The summed E-state index contributed by atoms with van der Waals surface area (Å²) in [5.74, 6) is 0.304. The lowest BCUT2D eigenvalue weighted by molar-refractivity contribution is 0.627. The number of aryl methyl sites for hydroxylation is 1. The van der Waals surface area contributed by atoms with Gasteiger partial charge in [0, 0.05) is 9.77 Å². The minimum atomic E-state index is -0.276. The number of benzene rings is 1. The zero-order chi connectivity index (χ0) is 14.0. The second kappa shape index (κ2) is 5.79. The molecule has 0 fully saturated rings. The number of halogens is 2. The molecule has 3 nitrogen and oxygen atoms in total. The Morgan fingerprint density at radius 1 is 1.42 bits per heavy atom. The summed E-state index contributed by atoms with van der Waals surface area (Å²) < 4.78 is 13.8. The van der Waals surface area contributed by atoms with Crippen molar-refractivity contribution in [3.05, 3.63) is 51.0 Å². The number of rotatable bonds is 3. The van der Waals surface area contributed by atoms with E-state index in [1.54, 1.807) is 12.3 Å². The van der Waals surface area contributed by atoms with Crippen LogP contribution in [-0.2, 0) is 0 Å².